The molecule has 1 saturated heterocycles. The molecule has 3 aromatic rings. The van der Waals surface area contributed by atoms with Crippen LogP contribution in [0.5, 0.6) is 0 Å². The number of pyridine rings is 1. The highest BCUT2D eigenvalue weighted by atomic mass is 16.3. The van der Waals surface area contributed by atoms with Crippen molar-refractivity contribution in [2.24, 2.45) is 17.6 Å². The summed E-state index contributed by atoms with van der Waals surface area (Å²) in [5, 5.41) is 0.883. The van der Waals surface area contributed by atoms with Crippen LogP contribution in [0.2, 0.25) is 0 Å². The van der Waals surface area contributed by atoms with Crippen LogP contribution in [-0.4, -0.2) is 34.9 Å². The van der Waals surface area contributed by atoms with Crippen LogP contribution >= 0.6 is 0 Å². The normalized spacial score (nSPS) is 25.0. The Hall–Kier alpha value is -2.66. The van der Waals surface area contributed by atoms with Gasteiger partial charge in [0, 0.05) is 24.5 Å². The highest BCUT2D eigenvalue weighted by Gasteiger charge is 2.42. The summed E-state index contributed by atoms with van der Waals surface area (Å²) in [5.74, 6) is 1.73. The van der Waals surface area contributed by atoms with Crippen molar-refractivity contribution in [3.63, 3.8) is 0 Å². The molecule has 5 heteroatoms. The Morgan fingerprint density at radius 2 is 2.04 bits per heavy atom. The van der Waals surface area contributed by atoms with E-state index in [1.54, 1.807) is 6.26 Å². The second kappa shape index (κ2) is 5.95. The van der Waals surface area contributed by atoms with Crippen molar-refractivity contribution >= 4 is 16.8 Å². The largest absolute Gasteiger partial charge is 0.463 e. The summed E-state index contributed by atoms with van der Waals surface area (Å²) in [6.07, 6.45) is 3.83. The Kier molecular flexibility index (Phi) is 3.57. The SMILES string of the molecule is NC1CCC2CN(C(=O)c3cc(-c4ccco4)nc4ccccc34)CC12. The van der Waals surface area contributed by atoms with Gasteiger partial charge in [-0.05, 0) is 48.9 Å². The highest BCUT2D eigenvalue weighted by molar-refractivity contribution is 6.07. The number of hydrogen-bond acceptors (Lipinski definition) is 4. The Balaban J connectivity index is 1.56. The maximum Gasteiger partial charge on any atom is 0.254 e. The molecule has 1 amide bonds. The molecule has 3 atom stereocenters. The van der Waals surface area contributed by atoms with Crippen molar-refractivity contribution in [1.29, 1.82) is 0 Å². The number of carbonyl (C=O) groups excluding carboxylic acids is 1. The van der Waals surface area contributed by atoms with Crippen LogP contribution in [0.3, 0.4) is 0 Å². The first-order valence-electron chi connectivity index (χ1n) is 9.19. The number of furan rings is 1. The van der Waals surface area contributed by atoms with E-state index in [0.717, 1.165) is 36.8 Å². The maximum absolute atomic E-state index is 13.3. The lowest BCUT2D eigenvalue weighted by Crippen LogP contribution is -2.33. The fraction of sp³-hybridized carbons (Fsp3) is 0.333. The molecule has 5 rings (SSSR count). The molecule has 2 fully saturated rings. The van der Waals surface area contributed by atoms with E-state index in [9.17, 15) is 4.79 Å². The third-order valence-electron chi connectivity index (χ3n) is 5.92. The molecule has 0 radical (unpaired) electrons. The minimum absolute atomic E-state index is 0.0676. The lowest BCUT2D eigenvalue weighted by molar-refractivity contribution is 0.0781. The predicted molar refractivity (Wildman–Crippen MR) is 99.5 cm³/mol. The van der Waals surface area contributed by atoms with Crippen LogP contribution in [-0.2, 0) is 0 Å². The van der Waals surface area contributed by atoms with Crippen molar-refractivity contribution in [1.82, 2.24) is 9.88 Å². The Morgan fingerprint density at radius 3 is 2.85 bits per heavy atom. The molecule has 2 N–H and O–H groups in total. The third kappa shape index (κ3) is 2.42. The number of nitrogens with zero attached hydrogens (tertiary/aromatic N) is 2. The molecule has 1 saturated carbocycles. The van der Waals surface area contributed by atoms with E-state index in [4.69, 9.17) is 10.2 Å². The number of likely N-dealkylation sites (tertiary alicyclic amines) is 1. The lowest BCUT2D eigenvalue weighted by Gasteiger charge is -2.20. The smallest absolute Gasteiger partial charge is 0.254 e. The summed E-state index contributed by atoms with van der Waals surface area (Å²) in [5.41, 5.74) is 8.42. The summed E-state index contributed by atoms with van der Waals surface area (Å²) in [6, 6.07) is 13.6. The molecule has 2 aromatic heterocycles. The first-order valence-corrected chi connectivity index (χ1v) is 9.19. The Morgan fingerprint density at radius 1 is 1.15 bits per heavy atom. The van der Waals surface area contributed by atoms with E-state index in [2.05, 4.69) is 4.98 Å². The van der Waals surface area contributed by atoms with Gasteiger partial charge in [0.05, 0.1) is 17.3 Å². The molecule has 3 heterocycles. The summed E-state index contributed by atoms with van der Waals surface area (Å²) in [6.45, 7) is 1.57. The standard InChI is InChI=1S/C21H21N3O2/c22-17-8-7-13-11-24(12-16(13)17)21(25)15-10-19(20-6-3-9-26-20)23-18-5-2-1-4-14(15)18/h1-6,9-10,13,16-17H,7-8,11-12,22H2. The summed E-state index contributed by atoms with van der Waals surface area (Å²) in [7, 11) is 0. The number of rotatable bonds is 2. The van der Waals surface area contributed by atoms with Gasteiger partial charge in [0.25, 0.3) is 5.91 Å². The molecule has 2 aliphatic rings. The maximum atomic E-state index is 13.3. The zero-order chi connectivity index (χ0) is 17.7. The number of carbonyl (C=O) groups is 1. The molecule has 1 aliphatic heterocycles. The molecule has 0 spiro atoms. The minimum atomic E-state index is 0.0676. The monoisotopic (exact) mass is 347 g/mol. The number of benzene rings is 1. The fourth-order valence-corrected chi connectivity index (χ4v) is 4.55. The zero-order valence-corrected chi connectivity index (χ0v) is 14.5. The lowest BCUT2D eigenvalue weighted by atomic mass is 9.98. The average molecular weight is 347 g/mol. The van der Waals surface area contributed by atoms with E-state index in [1.165, 1.54) is 0 Å². The van der Waals surface area contributed by atoms with E-state index in [0.29, 0.717) is 28.9 Å². The zero-order valence-electron chi connectivity index (χ0n) is 14.5. The average Bonchev–Trinajstić information content (AvgIpc) is 3.39. The second-order valence-electron chi connectivity index (χ2n) is 7.42. The van der Waals surface area contributed by atoms with Crippen LogP contribution in [0.1, 0.15) is 23.2 Å². The third-order valence-corrected chi connectivity index (χ3v) is 5.92. The quantitative estimate of drug-likeness (QED) is 0.772. The van der Waals surface area contributed by atoms with Gasteiger partial charge < -0.3 is 15.1 Å². The second-order valence-corrected chi connectivity index (χ2v) is 7.42. The summed E-state index contributed by atoms with van der Waals surface area (Å²) in [4.78, 5) is 20.0. The number of fused-ring (bicyclic) bond motifs is 2. The van der Waals surface area contributed by atoms with E-state index >= 15 is 0 Å². The highest BCUT2D eigenvalue weighted by Crippen LogP contribution is 2.38. The van der Waals surface area contributed by atoms with Crippen molar-refractivity contribution in [3.8, 4) is 11.5 Å². The molecule has 5 nitrogen and oxygen atoms in total. The molecule has 1 aromatic carbocycles. The molecular formula is C21H21N3O2. The van der Waals surface area contributed by atoms with Crippen LogP contribution in [0.4, 0.5) is 0 Å². The van der Waals surface area contributed by atoms with Crippen LogP contribution in [0.25, 0.3) is 22.4 Å². The van der Waals surface area contributed by atoms with E-state index in [-0.39, 0.29) is 11.9 Å². The summed E-state index contributed by atoms with van der Waals surface area (Å²) >= 11 is 0. The van der Waals surface area contributed by atoms with Crippen LogP contribution < -0.4 is 5.73 Å². The van der Waals surface area contributed by atoms with E-state index in [1.807, 2.05) is 47.4 Å². The van der Waals surface area contributed by atoms with Crippen molar-refractivity contribution in [2.45, 2.75) is 18.9 Å². The van der Waals surface area contributed by atoms with E-state index < -0.39 is 0 Å². The first kappa shape index (κ1) is 15.6. The van der Waals surface area contributed by atoms with Gasteiger partial charge in [-0.2, -0.15) is 0 Å². The Bertz CT molecular complexity index is 967. The van der Waals surface area contributed by atoms with Gasteiger partial charge in [0.15, 0.2) is 5.76 Å². The number of hydrogen-bond donors (Lipinski definition) is 1. The van der Waals surface area contributed by atoms with Crippen molar-refractivity contribution in [3.05, 3.63) is 54.3 Å². The molecule has 1 aliphatic carbocycles. The summed E-state index contributed by atoms with van der Waals surface area (Å²) < 4.78 is 5.50. The first-order chi connectivity index (χ1) is 12.7. The van der Waals surface area contributed by atoms with Gasteiger partial charge >= 0.3 is 0 Å². The molecule has 0 bridgehead atoms. The number of para-hydroxylation sites is 1. The van der Waals surface area contributed by atoms with Crippen LogP contribution in [0.15, 0.2) is 53.1 Å². The van der Waals surface area contributed by atoms with Gasteiger partial charge in [-0.25, -0.2) is 4.98 Å². The van der Waals surface area contributed by atoms with Crippen molar-refractivity contribution < 1.29 is 9.21 Å². The number of nitrogens with two attached hydrogens (primary N) is 1. The topological polar surface area (TPSA) is 72.4 Å². The van der Waals surface area contributed by atoms with Gasteiger partial charge in [-0.15, -0.1) is 0 Å². The number of amides is 1. The van der Waals surface area contributed by atoms with Gasteiger partial charge in [-0.1, -0.05) is 18.2 Å². The molecule has 3 unspecified atom stereocenters. The molecule has 132 valence electrons. The molecule has 26 heavy (non-hydrogen) atoms. The van der Waals surface area contributed by atoms with Gasteiger partial charge in [-0.3, -0.25) is 4.79 Å². The van der Waals surface area contributed by atoms with Crippen LogP contribution in [0, 0.1) is 11.8 Å². The fourth-order valence-electron chi connectivity index (χ4n) is 4.55. The number of aromatic nitrogens is 1. The Labute approximate surface area is 151 Å². The van der Waals surface area contributed by atoms with Crippen molar-refractivity contribution in [2.75, 3.05) is 13.1 Å². The van der Waals surface area contributed by atoms with Gasteiger partial charge in [0.1, 0.15) is 5.69 Å². The predicted octanol–water partition coefficient (Wildman–Crippen LogP) is 3.30. The molecular weight excluding hydrogens is 326 g/mol. The minimum Gasteiger partial charge on any atom is -0.463 e. The van der Waals surface area contributed by atoms with Gasteiger partial charge in [0.2, 0.25) is 0 Å².